The van der Waals surface area contributed by atoms with Crippen LogP contribution in [0, 0.1) is 27.7 Å². The lowest BCUT2D eigenvalue weighted by Gasteiger charge is -2.30. The van der Waals surface area contributed by atoms with Crippen molar-refractivity contribution in [2.24, 2.45) is 0 Å². The second-order valence-corrected chi connectivity index (χ2v) is 9.45. The first kappa shape index (κ1) is 22.0. The number of nitrogens with one attached hydrogen (secondary N) is 1. The van der Waals surface area contributed by atoms with Gasteiger partial charge in [0.2, 0.25) is 15.9 Å². The highest BCUT2D eigenvalue weighted by Crippen LogP contribution is 2.25. The van der Waals surface area contributed by atoms with E-state index in [1.807, 2.05) is 52.8 Å². The molecule has 1 amide bonds. The summed E-state index contributed by atoms with van der Waals surface area (Å²) in [7, 11) is -3.63. The Morgan fingerprint density at radius 3 is 2.11 bits per heavy atom. The molecule has 0 aliphatic carbocycles. The van der Waals surface area contributed by atoms with Crippen LogP contribution in [0.2, 0.25) is 0 Å². The molecule has 0 aromatic heterocycles. The quantitative estimate of drug-likeness (QED) is 0.795. The second kappa shape index (κ2) is 8.35. The van der Waals surface area contributed by atoms with Gasteiger partial charge in [-0.25, -0.2) is 8.42 Å². The van der Waals surface area contributed by atoms with Gasteiger partial charge in [0.25, 0.3) is 0 Å². The molecule has 0 spiro atoms. The minimum absolute atomic E-state index is 0.225. The van der Waals surface area contributed by atoms with Crippen LogP contribution in [0.4, 0.5) is 5.69 Å². The Labute approximate surface area is 168 Å². The topological polar surface area (TPSA) is 66.5 Å². The molecule has 0 heterocycles. The fourth-order valence-electron chi connectivity index (χ4n) is 3.39. The van der Waals surface area contributed by atoms with Crippen molar-refractivity contribution >= 4 is 21.6 Å². The van der Waals surface area contributed by atoms with Gasteiger partial charge < -0.3 is 5.32 Å². The van der Waals surface area contributed by atoms with Crippen molar-refractivity contribution in [3.8, 4) is 0 Å². The van der Waals surface area contributed by atoms with Crippen LogP contribution >= 0.6 is 0 Å². The number of benzene rings is 2. The third-order valence-electron chi connectivity index (χ3n) is 5.08. The van der Waals surface area contributed by atoms with E-state index in [9.17, 15) is 13.2 Å². The van der Waals surface area contributed by atoms with Gasteiger partial charge >= 0.3 is 0 Å². The fraction of sp³-hybridized carbons (Fsp3) is 0.409. The number of anilines is 1. The molecular formula is C22H30N2O3S. The van der Waals surface area contributed by atoms with E-state index in [0.29, 0.717) is 5.69 Å². The van der Waals surface area contributed by atoms with Gasteiger partial charge in [-0.1, -0.05) is 29.8 Å². The SMILES string of the molecule is Cc1ccc(C(C)NC(=O)C(C)N(c2ccc(C)c(C)c2)S(C)(=O)=O)c(C)c1. The molecule has 152 valence electrons. The van der Waals surface area contributed by atoms with Crippen molar-refractivity contribution in [3.05, 3.63) is 64.2 Å². The van der Waals surface area contributed by atoms with Crippen LogP contribution in [-0.2, 0) is 14.8 Å². The molecule has 28 heavy (non-hydrogen) atoms. The summed E-state index contributed by atoms with van der Waals surface area (Å²) in [5.74, 6) is -0.337. The molecule has 0 aliphatic heterocycles. The van der Waals surface area contributed by atoms with Crippen LogP contribution in [0.5, 0.6) is 0 Å². The van der Waals surface area contributed by atoms with Gasteiger partial charge in [-0.15, -0.1) is 0 Å². The van der Waals surface area contributed by atoms with Gasteiger partial charge in [0, 0.05) is 0 Å². The summed E-state index contributed by atoms with van der Waals surface area (Å²) in [6, 6.07) is 10.4. The van der Waals surface area contributed by atoms with E-state index in [2.05, 4.69) is 11.4 Å². The molecule has 0 radical (unpaired) electrons. The Bertz CT molecular complexity index is 983. The van der Waals surface area contributed by atoms with E-state index in [1.165, 1.54) is 4.31 Å². The summed E-state index contributed by atoms with van der Waals surface area (Å²) in [4.78, 5) is 12.9. The summed E-state index contributed by atoms with van der Waals surface area (Å²) in [5.41, 5.74) is 5.80. The van der Waals surface area contributed by atoms with Gasteiger partial charge in [0.15, 0.2) is 0 Å². The highest BCUT2D eigenvalue weighted by Gasteiger charge is 2.30. The molecular weight excluding hydrogens is 372 g/mol. The summed E-state index contributed by atoms with van der Waals surface area (Å²) in [5, 5.41) is 2.96. The Kier molecular flexibility index (Phi) is 6.55. The van der Waals surface area contributed by atoms with Gasteiger partial charge in [-0.2, -0.15) is 0 Å². The number of aryl methyl sites for hydroxylation is 4. The van der Waals surface area contributed by atoms with Gasteiger partial charge in [-0.05, 0) is 75.9 Å². The van der Waals surface area contributed by atoms with Crippen molar-refractivity contribution in [3.63, 3.8) is 0 Å². The van der Waals surface area contributed by atoms with E-state index in [4.69, 9.17) is 0 Å². The van der Waals surface area contributed by atoms with Crippen LogP contribution < -0.4 is 9.62 Å². The molecule has 0 fully saturated rings. The highest BCUT2D eigenvalue weighted by atomic mass is 32.2. The van der Waals surface area contributed by atoms with Crippen molar-refractivity contribution < 1.29 is 13.2 Å². The summed E-state index contributed by atoms with van der Waals surface area (Å²) < 4.78 is 26.1. The first-order valence-corrected chi connectivity index (χ1v) is 11.2. The highest BCUT2D eigenvalue weighted by molar-refractivity contribution is 7.92. The van der Waals surface area contributed by atoms with Crippen molar-refractivity contribution in [1.29, 1.82) is 0 Å². The van der Waals surface area contributed by atoms with E-state index in [1.54, 1.807) is 19.1 Å². The Morgan fingerprint density at radius 2 is 1.57 bits per heavy atom. The third kappa shape index (κ3) is 4.93. The van der Waals surface area contributed by atoms with E-state index in [-0.39, 0.29) is 11.9 Å². The summed E-state index contributed by atoms with van der Waals surface area (Å²) in [6.45, 7) is 11.4. The van der Waals surface area contributed by atoms with Crippen LogP contribution in [0.25, 0.3) is 0 Å². The lowest BCUT2D eigenvalue weighted by molar-refractivity contribution is -0.122. The molecule has 2 unspecified atom stereocenters. The zero-order chi connectivity index (χ0) is 21.2. The van der Waals surface area contributed by atoms with Gasteiger partial charge in [-0.3, -0.25) is 9.10 Å². The Balaban J connectivity index is 2.29. The Morgan fingerprint density at radius 1 is 0.929 bits per heavy atom. The normalized spacial score (nSPS) is 13.7. The number of sulfonamides is 1. The van der Waals surface area contributed by atoms with E-state index < -0.39 is 16.1 Å². The monoisotopic (exact) mass is 402 g/mol. The first-order chi connectivity index (χ1) is 12.9. The lowest BCUT2D eigenvalue weighted by atomic mass is 10.00. The first-order valence-electron chi connectivity index (χ1n) is 9.36. The molecule has 2 aromatic carbocycles. The van der Waals surface area contributed by atoms with Crippen LogP contribution in [-0.4, -0.2) is 26.6 Å². The maximum Gasteiger partial charge on any atom is 0.244 e. The third-order valence-corrected chi connectivity index (χ3v) is 6.33. The van der Waals surface area contributed by atoms with Gasteiger partial charge in [0.1, 0.15) is 6.04 Å². The average molecular weight is 403 g/mol. The average Bonchev–Trinajstić information content (AvgIpc) is 2.56. The minimum atomic E-state index is -3.63. The molecule has 0 saturated heterocycles. The van der Waals surface area contributed by atoms with E-state index >= 15 is 0 Å². The second-order valence-electron chi connectivity index (χ2n) is 7.59. The molecule has 2 rings (SSSR count). The summed E-state index contributed by atoms with van der Waals surface area (Å²) in [6.07, 6.45) is 1.12. The zero-order valence-electron chi connectivity index (χ0n) is 17.7. The molecule has 5 nitrogen and oxygen atoms in total. The van der Waals surface area contributed by atoms with Crippen LogP contribution in [0.1, 0.15) is 47.7 Å². The van der Waals surface area contributed by atoms with Crippen molar-refractivity contribution in [1.82, 2.24) is 5.32 Å². The lowest BCUT2D eigenvalue weighted by Crippen LogP contribution is -2.48. The number of carbonyl (C=O) groups is 1. The standard InChI is InChI=1S/C22H30N2O3S/c1-14-8-11-21(17(4)12-14)18(5)23-22(25)19(6)24(28(7,26)27)20-10-9-15(2)16(3)13-20/h8-13,18-19H,1-7H3,(H,23,25). The minimum Gasteiger partial charge on any atom is -0.348 e. The molecule has 0 saturated carbocycles. The maximum absolute atomic E-state index is 12.9. The summed E-state index contributed by atoms with van der Waals surface area (Å²) >= 11 is 0. The van der Waals surface area contributed by atoms with Crippen LogP contribution in [0.15, 0.2) is 36.4 Å². The Hall–Kier alpha value is -2.34. The maximum atomic E-state index is 12.9. The predicted octanol–water partition coefficient (Wildman–Crippen LogP) is 3.95. The molecule has 2 aromatic rings. The van der Waals surface area contributed by atoms with Gasteiger partial charge in [0.05, 0.1) is 18.0 Å². The number of nitrogens with zero attached hydrogens (tertiary/aromatic N) is 1. The zero-order valence-corrected chi connectivity index (χ0v) is 18.5. The molecule has 0 aliphatic rings. The largest absolute Gasteiger partial charge is 0.348 e. The smallest absolute Gasteiger partial charge is 0.244 e. The molecule has 6 heteroatoms. The van der Waals surface area contributed by atoms with Crippen LogP contribution in [0.3, 0.4) is 0 Å². The number of rotatable bonds is 6. The number of hydrogen-bond donors (Lipinski definition) is 1. The number of amides is 1. The predicted molar refractivity (Wildman–Crippen MR) is 115 cm³/mol. The number of hydrogen-bond acceptors (Lipinski definition) is 3. The van der Waals surface area contributed by atoms with Crippen molar-refractivity contribution in [2.45, 2.75) is 53.6 Å². The molecule has 0 bridgehead atoms. The van der Waals surface area contributed by atoms with E-state index in [0.717, 1.165) is 34.1 Å². The fourth-order valence-corrected chi connectivity index (χ4v) is 4.56. The molecule has 2 atom stereocenters. The van der Waals surface area contributed by atoms with Crippen molar-refractivity contribution in [2.75, 3.05) is 10.6 Å². The molecule has 1 N–H and O–H groups in total. The number of carbonyl (C=O) groups excluding carboxylic acids is 1.